The molecule has 1 atom stereocenters. The third-order valence-corrected chi connectivity index (χ3v) is 7.97. The first-order valence-electron chi connectivity index (χ1n) is 11.8. The van der Waals surface area contributed by atoms with Gasteiger partial charge in [0.05, 0.1) is 17.5 Å². The molecule has 0 spiro atoms. The van der Waals surface area contributed by atoms with Gasteiger partial charge in [-0.25, -0.2) is 4.98 Å². The third kappa shape index (κ3) is 4.97. The van der Waals surface area contributed by atoms with Gasteiger partial charge in [0.25, 0.3) is 5.91 Å². The van der Waals surface area contributed by atoms with Crippen molar-refractivity contribution in [2.45, 2.75) is 25.3 Å². The molecular weight excluding hydrogens is 533 g/mol. The summed E-state index contributed by atoms with van der Waals surface area (Å²) >= 11 is 13.5. The lowest BCUT2D eigenvalue weighted by atomic mass is 9.98. The van der Waals surface area contributed by atoms with E-state index in [0.717, 1.165) is 40.8 Å². The fraction of sp³-hybridized carbons (Fsp3) is 0.222. The summed E-state index contributed by atoms with van der Waals surface area (Å²) in [6.07, 6.45) is 2.26. The van der Waals surface area contributed by atoms with Gasteiger partial charge in [-0.3, -0.25) is 9.59 Å². The Morgan fingerprint density at radius 3 is 2.76 bits per heavy atom. The Labute approximate surface area is 226 Å². The molecular formula is C27H21Cl2N3O4S. The van der Waals surface area contributed by atoms with E-state index in [0.29, 0.717) is 34.4 Å². The molecule has 4 heterocycles. The number of nitrogens with one attached hydrogen (secondary N) is 1. The van der Waals surface area contributed by atoms with Gasteiger partial charge in [-0.1, -0.05) is 23.2 Å². The number of nitrogens with zero attached hydrogens (tertiary/aromatic N) is 2. The van der Waals surface area contributed by atoms with E-state index in [9.17, 15) is 9.59 Å². The second kappa shape index (κ2) is 9.85. The number of carbonyl (C=O) groups excluding carboxylic acids is 2. The van der Waals surface area contributed by atoms with Crippen LogP contribution in [-0.4, -0.2) is 34.8 Å². The monoisotopic (exact) mass is 553 g/mol. The average Bonchev–Trinajstić information content (AvgIpc) is 3.49. The standard InChI is InChI=1S/C27H21Cl2N3O4S/c28-16-3-5-18(6-4-16)36-25-13-17(12-24(29)31-25)30-27(34)23-11-15-10-19-20(32-8-1-2-26(32)33)7-9-35-21(19)14-22(15)37-23/h3-6,10-14,20H,1-2,7-9H2,(H,30,31,34). The lowest BCUT2D eigenvalue weighted by molar-refractivity contribution is -0.130. The summed E-state index contributed by atoms with van der Waals surface area (Å²) in [4.78, 5) is 32.2. The molecule has 188 valence electrons. The van der Waals surface area contributed by atoms with Gasteiger partial charge >= 0.3 is 0 Å². The number of anilines is 1. The number of thiophene rings is 1. The first-order valence-corrected chi connectivity index (χ1v) is 13.4. The van der Waals surface area contributed by atoms with Crippen LogP contribution in [0.4, 0.5) is 5.69 Å². The largest absolute Gasteiger partial charge is 0.493 e. The highest BCUT2D eigenvalue weighted by Gasteiger charge is 2.33. The number of hydrogen-bond donors (Lipinski definition) is 1. The topological polar surface area (TPSA) is 80.8 Å². The maximum absolute atomic E-state index is 13.1. The summed E-state index contributed by atoms with van der Waals surface area (Å²) in [7, 11) is 0. The van der Waals surface area contributed by atoms with E-state index in [4.69, 9.17) is 32.7 Å². The summed E-state index contributed by atoms with van der Waals surface area (Å²) < 4.78 is 12.6. The number of fused-ring (bicyclic) bond motifs is 2. The maximum atomic E-state index is 13.1. The van der Waals surface area contributed by atoms with Crippen LogP contribution in [0.1, 0.15) is 40.5 Å². The third-order valence-electron chi connectivity index (χ3n) is 6.43. The number of benzene rings is 2. The minimum atomic E-state index is -0.272. The minimum Gasteiger partial charge on any atom is -0.493 e. The highest BCUT2D eigenvalue weighted by Crippen LogP contribution is 2.42. The Hall–Kier alpha value is -3.33. The van der Waals surface area contributed by atoms with Crippen LogP contribution < -0.4 is 14.8 Å². The smallest absolute Gasteiger partial charge is 0.265 e. The highest BCUT2D eigenvalue weighted by molar-refractivity contribution is 7.21. The van der Waals surface area contributed by atoms with Gasteiger partial charge in [-0.15, -0.1) is 11.3 Å². The van der Waals surface area contributed by atoms with Gasteiger partial charge in [-0.2, -0.15) is 0 Å². The molecule has 0 saturated carbocycles. The SMILES string of the molecule is O=C(Nc1cc(Cl)nc(Oc2ccc(Cl)cc2)c1)c1cc2cc3c(cc2s1)OCCC3N1CCCC1=O. The molecule has 1 N–H and O–H groups in total. The first-order chi connectivity index (χ1) is 17.9. The van der Waals surface area contributed by atoms with Crippen LogP contribution in [-0.2, 0) is 4.79 Å². The van der Waals surface area contributed by atoms with Gasteiger partial charge in [-0.05, 0) is 60.3 Å². The number of ether oxygens (including phenoxy) is 2. The van der Waals surface area contributed by atoms with E-state index < -0.39 is 0 Å². The van der Waals surface area contributed by atoms with Crippen molar-refractivity contribution in [1.82, 2.24) is 9.88 Å². The molecule has 0 bridgehead atoms. The molecule has 2 aliphatic heterocycles. The molecule has 1 fully saturated rings. The second-order valence-corrected chi connectivity index (χ2v) is 10.8. The van der Waals surface area contributed by atoms with Gasteiger partial charge in [0.15, 0.2) is 0 Å². The lowest BCUT2D eigenvalue weighted by Gasteiger charge is -2.33. The van der Waals surface area contributed by atoms with E-state index in [1.807, 2.05) is 17.0 Å². The van der Waals surface area contributed by atoms with Crippen LogP contribution in [0.5, 0.6) is 17.4 Å². The van der Waals surface area contributed by atoms with Crippen molar-refractivity contribution in [2.24, 2.45) is 0 Å². The molecule has 0 radical (unpaired) electrons. The van der Waals surface area contributed by atoms with E-state index in [1.54, 1.807) is 36.4 Å². The molecule has 2 aliphatic rings. The number of pyridine rings is 1. The fourth-order valence-electron chi connectivity index (χ4n) is 4.75. The summed E-state index contributed by atoms with van der Waals surface area (Å²) in [6, 6.07) is 15.9. The Balaban J connectivity index is 1.24. The fourth-order valence-corrected chi connectivity index (χ4v) is 6.05. The molecule has 6 rings (SSSR count). The van der Waals surface area contributed by atoms with Crippen LogP contribution in [0.15, 0.2) is 54.6 Å². The summed E-state index contributed by atoms with van der Waals surface area (Å²) in [6.45, 7) is 1.34. The number of carbonyl (C=O) groups is 2. The van der Waals surface area contributed by atoms with Gasteiger partial charge in [0.2, 0.25) is 11.8 Å². The van der Waals surface area contributed by atoms with Gasteiger partial charge in [0.1, 0.15) is 16.7 Å². The zero-order chi connectivity index (χ0) is 25.5. The Bertz CT molecular complexity index is 1520. The van der Waals surface area contributed by atoms with E-state index in [2.05, 4.69) is 16.4 Å². The second-order valence-electron chi connectivity index (χ2n) is 8.91. The lowest BCUT2D eigenvalue weighted by Crippen LogP contribution is -2.33. The van der Waals surface area contributed by atoms with Crippen molar-refractivity contribution in [2.75, 3.05) is 18.5 Å². The zero-order valence-corrected chi connectivity index (χ0v) is 21.8. The summed E-state index contributed by atoms with van der Waals surface area (Å²) in [5, 5.41) is 4.60. The summed E-state index contributed by atoms with van der Waals surface area (Å²) in [5.74, 6) is 1.49. The van der Waals surface area contributed by atoms with Crippen LogP contribution in [0, 0.1) is 0 Å². The number of aromatic nitrogens is 1. The molecule has 37 heavy (non-hydrogen) atoms. The number of rotatable bonds is 5. The summed E-state index contributed by atoms with van der Waals surface area (Å²) in [5.41, 5.74) is 1.46. The predicted octanol–water partition coefficient (Wildman–Crippen LogP) is 7.09. The van der Waals surface area contributed by atoms with Crippen LogP contribution in [0.25, 0.3) is 10.1 Å². The normalized spacial score (nSPS) is 17.0. The number of likely N-dealkylation sites (tertiary alicyclic amines) is 1. The van der Waals surface area contributed by atoms with Crippen molar-refractivity contribution in [3.63, 3.8) is 0 Å². The highest BCUT2D eigenvalue weighted by atomic mass is 35.5. The van der Waals surface area contributed by atoms with Crippen molar-refractivity contribution in [3.05, 3.63) is 75.2 Å². The molecule has 4 aromatic rings. The van der Waals surface area contributed by atoms with E-state index in [-0.39, 0.29) is 28.9 Å². The number of halogens is 2. The molecule has 1 unspecified atom stereocenters. The molecule has 10 heteroatoms. The number of hydrogen-bond acceptors (Lipinski definition) is 6. The minimum absolute atomic E-state index is 0.0124. The van der Waals surface area contributed by atoms with Crippen molar-refractivity contribution >= 4 is 62.1 Å². The average molecular weight is 554 g/mol. The predicted molar refractivity (Wildman–Crippen MR) is 144 cm³/mol. The maximum Gasteiger partial charge on any atom is 0.265 e. The van der Waals surface area contributed by atoms with Crippen molar-refractivity contribution in [3.8, 4) is 17.4 Å². The molecule has 1 saturated heterocycles. The van der Waals surface area contributed by atoms with Crippen molar-refractivity contribution in [1.29, 1.82) is 0 Å². The van der Waals surface area contributed by atoms with Crippen LogP contribution in [0.2, 0.25) is 10.2 Å². The van der Waals surface area contributed by atoms with Gasteiger partial charge in [0, 0.05) is 46.4 Å². The molecule has 0 aliphatic carbocycles. The van der Waals surface area contributed by atoms with E-state index in [1.165, 1.54) is 11.3 Å². The van der Waals surface area contributed by atoms with Crippen molar-refractivity contribution < 1.29 is 19.1 Å². The molecule has 7 nitrogen and oxygen atoms in total. The van der Waals surface area contributed by atoms with Crippen LogP contribution in [0.3, 0.4) is 0 Å². The first kappa shape index (κ1) is 24.0. The zero-order valence-electron chi connectivity index (χ0n) is 19.5. The quantitative estimate of drug-likeness (QED) is 0.267. The molecule has 2 aromatic carbocycles. The Morgan fingerprint density at radius 1 is 1.14 bits per heavy atom. The van der Waals surface area contributed by atoms with E-state index >= 15 is 0 Å². The molecule has 2 amide bonds. The van der Waals surface area contributed by atoms with Gasteiger partial charge < -0.3 is 19.7 Å². The number of amides is 2. The molecule has 2 aromatic heterocycles. The Morgan fingerprint density at radius 2 is 1.97 bits per heavy atom. The Kier molecular flexibility index (Phi) is 6.40. The van der Waals surface area contributed by atoms with Crippen LogP contribution >= 0.6 is 34.5 Å².